The first-order valence-electron chi connectivity index (χ1n) is 9.63. The molecule has 0 radical (unpaired) electrons. The summed E-state index contributed by atoms with van der Waals surface area (Å²) in [4.78, 5) is 24.9. The monoisotopic (exact) mass is 387 g/mol. The molecule has 2 amide bonds. The van der Waals surface area contributed by atoms with Crippen LogP contribution in [0.2, 0.25) is 0 Å². The Labute approximate surface area is 171 Å². The Bertz CT molecular complexity index is 943. The largest absolute Gasteiger partial charge is 0.376 e. The van der Waals surface area contributed by atoms with Crippen molar-refractivity contribution in [3.05, 3.63) is 102 Å². The molecular weight excluding hydrogens is 362 g/mol. The number of nitrogens with one attached hydrogen (secondary N) is 3. The third kappa shape index (κ3) is 5.94. The summed E-state index contributed by atoms with van der Waals surface area (Å²) in [6, 6.07) is 26.6. The van der Waals surface area contributed by atoms with Crippen molar-refractivity contribution in [2.45, 2.75) is 19.5 Å². The zero-order valence-corrected chi connectivity index (χ0v) is 16.4. The van der Waals surface area contributed by atoms with Gasteiger partial charge in [-0.05, 0) is 30.2 Å². The van der Waals surface area contributed by atoms with Crippen molar-refractivity contribution in [3.63, 3.8) is 0 Å². The summed E-state index contributed by atoms with van der Waals surface area (Å²) < 4.78 is 0. The minimum atomic E-state index is -0.185. The van der Waals surface area contributed by atoms with Crippen LogP contribution >= 0.6 is 0 Å². The van der Waals surface area contributed by atoms with Crippen LogP contribution in [-0.4, -0.2) is 18.4 Å². The lowest BCUT2D eigenvalue weighted by atomic mass is 10.1. The standard InChI is InChI=1S/C24H25N3O2/c1-18(20-12-6-3-7-13-20)27-23(28)17-25-22-15-9-8-14-21(22)24(29)26-16-19-10-4-2-5-11-19/h2-15,18,25H,16-17H2,1H3,(H,26,29)(H,27,28). The number of anilines is 1. The molecule has 5 heteroatoms. The molecule has 29 heavy (non-hydrogen) atoms. The molecule has 0 aliphatic carbocycles. The highest BCUT2D eigenvalue weighted by molar-refractivity contribution is 6.00. The average molecular weight is 387 g/mol. The number of rotatable bonds is 8. The molecule has 0 aromatic heterocycles. The van der Waals surface area contributed by atoms with Crippen LogP contribution in [0.15, 0.2) is 84.9 Å². The van der Waals surface area contributed by atoms with Crippen LogP contribution in [0.25, 0.3) is 0 Å². The van der Waals surface area contributed by atoms with E-state index in [1.54, 1.807) is 18.2 Å². The van der Waals surface area contributed by atoms with E-state index in [1.807, 2.05) is 73.7 Å². The van der Waals surface area contributed by atoms with E-state index in [9.17, 15) is 9.59 Å². The SMILES string of the molecule is CC(NC(=O)CNc1ccccc1C(=O)NCc1ccccc1)c1ccccc1. The second kappa shape index (κ2) is 10.1. The molecule has 3 N–H and O–H groups in total. The summed E-state index contributed by atoms with van der Waals surface area (Å²) in [7, 11) is 0. The average Bonchev–Trinajstić information content (AvgIpc) is 2.77. The topological polar surface area (TPSA) is 70.2 Å². The lowest BCUT2D eigenvalue weighted by molar-refractivity contribution is -0.120. The van der Waals surface area contributed by atoms with Crippen LogP contribution in [0.4, 0.5) is 5.69 Å². The second-order valence-electron chi connectivity index (χ2n) is 6.77. The molecule has 0 aliphatic heterocycles. The fraction of sp³-hybridized carbons (Fsp3) is 0.167. The fourth-order valence-corrected chi connectivity index (χ4v) is 3.00. The molecule has 3 aromatic carbocycles. The minimum Gasteiger partial charge on any atom is -0.376 e. The highest BCUT2D eigenvalue weighted by Crippen LogP contribution is 2.15. The Morgan fingerprint density at radius 2 is 1.45 bits per heavy atom. The first kappa shape index (κ1) is 20.1. The smallest absolute Gasteiger partial charge is 0.253 e. The second-order valence-corrected chi connectivity index (χ2v) is 6.77. The summed E-state index contributed by atoms with van der Waals surface area (Å²) in [5, 5.41) is 8.95. The Morgan fingerprint density at radius 3 is 2.17 bits per heavy atom. The fourth-order valence-electron chi connectivity index (χ4n) is 3.00. The Balaban J connectivity index is 1.56. The molecule has 148 valence electrons. The maximum Gasteiger partial charge on any atom is 0.253 e. The van der Waals surface area contributed by atoms with Crippen molar-refractivity contribution >= 4 is 17.5 Å². The Morgan fingerprint density at radius 1 is 0.828 bits per heavy atom. The van der Waals surface area contributed by atoms with E-state index in [1.165, 1.54) is 0 Å². The molecule has 5 nitrogen and oxygen atoms in total. The van der Waals surface area contributed by atoms with Crippen molar-refractivity contribution in [2.75, 3.05) is 11.9 Å². The summed E-state index contributed by atoms with van der Waals surface area (Å²) in [5.74, 6) is -0.323. The number of carbonyl (C=O) groups is 2. The lowest BCUT2D eigenvalue weighted by Gasteiger charge is -2.16. The van der Waals surface area contributed by atoms with Crippen molar-refractivity contribution in [1.82, 2.24) is 10.6 Å². The van der Waals surface area contributed by atoms with Gasteiger partial charge in [0.05, 0.1) is 18.2 Å². The number of hydrogen-bond acceptors (Lipinski definition) is 3. The van der Waals surface area contributed by atoms with Gasteiger partial charge in [0.25, 0.3) is 5.91 Å². The van der Waals surface area contributed by atoms with Gasteiger partial charge in [0.2, 0.25) is 5.91 Å². The maximum absolute atomic E-state index is 12.6. The number of carbonyl (C=O) groups excluding carboxylic acids is 2. The molecule has 3 rings (SSSR count). The van der Waals surface area contributed by atoms with Crippen molar-refractivity contribution in [2.24, 2.45) is 0 Å². The van der Waals surface area contributed by atoms with Crippen LogP contribution in [-0.2, 0) is 11.3 Å². The van der Waals surface area contributed by atoms with E-state index in [4.69, 9.17) is 0 Å². The minimum absolute atomic E-state index is 0.0835. The quantitative estimate of drug-likeness (QED) is 0.549. The summed E-state index contributed by atoms with van der Waals surface area (Å²) in [6.07, 6.45) is 0. The van der Waals surface area contributed by atoms with E-state index in [2.05, 4.69) is 16.0 Å². The van der Waals surface area contributed by atoms with E-state index in [0.717, 1.165) is 11.1 Å². The van der Waals surface area contributed by atoms with Crippen molar-refractivity contribution in [1.29, 1.82) is 0 Å². The van der Waals surface area contributed by atoms with E-state index < -0.39 is 0 Å². The first-order chi connectivity index (χ1) is 14.1. The van der Waals surface area contributed by atoms with Crippen LogP contribution in [0, 0.1) is 0 Å². The third-order valence-electron chi connectivity index (χ3n) is 4.58. The van der Waals surface area contributed by atoms with Gasteiger partial charge in [-0.1, -0.05) is 72.8 Å². The van der Waals surface area contributed by atoms with Crippen LogP contribution in [0.1, 0.15) is 34.5 Å². The molecule has 0 bridgehead atoms. The van der Waals surface area contributed by atoms with E-state index >= 15 is 0 Å². The van der Waals surface area contributed by atoms with Crippen LogP contribution < -0.4 is 16.0 Å². The van der Waals surface area contributed by atoms with Crippen molar-refractivity contribution in [3.8, 4) is 0 Å². The zero-order chi connectivity index (χ0) is 20.5. The zero-order valence-electron chi connectivity index (χ0n) is 16.4. The molecule has 1 atom stereocenters. The van der Waals surface area contributed by atoms with Gasteiger partial charge in [0.1, 0.15) is 0 Å². The first-order valence-corrected chi connectivity index (χ1v) is 9.63. The predicted octanol–water partition coefficient (Wildman–Crippen LogP) is 3.91. The molecule has 0 saturated carbocycles. The van der Waals surface area contributed by atoms with Gasteiger partial charge in [-0.25, -0.2) is 0 Å². The summed E-state index contributed by atoms with van der Waals surface area (Å²) in [6.45, 7) is 2.47. The van der Waals surface area contributed by atoms with Crippen LogP contribution in [0.3, 0.4) is 0 Å². The van der Waals surface area contributed by atoms with Crippen LogP contribution in [0.5, 0.6) is 0 Å². The van der Waals surface area contributed by atoms with Gasteiger partial charge in [0.15, 0.2) is 0 Å². The van der Waals surface area contributed by atoms with Gasteiger partial charge >= 0.3 is 0 Å². The molecule has 0 aliphatic rings. The summed E-state index contributed by atoms with van der Waals surface area (Å²) >= 11 is 0. The number of amides is 2. The van der Waals surface area contributed by atoms with Gasteiger partial charge in [-0.2, -0.15) is 0 Å². The molecule has 3 aromatic rings. The highest BCUT2D eigenvalue weighted by Gasteiger charge is 2.13. The van der Waals surface area contributed by atoms with Gasteiger partial charge < -0.3 is 16.0 Å². The van der Waals surface area contributed by atoms with Gasteiger partial charge in [-0.3, -0.25) is 9.59 Å². The number of para-hydroxylation sites is 1. The Hall–Kier alpha value is -3.60. The predicted molar refractivity (Wildman–Crippen MR) is 116 cm³/mol. The van der Waals surface area contributed by atoms with E-state index in [-0.39, 0.29) is 24.4 Å². The highest BCUT2D eigenvalue weighted by atomic mass is 16.2. The normalized spacial score (nSPS) is 11.3. The molecular formula is C24H25N3O2. The van der Waals surface area contributed by atoms with Gasteiger partial charge in [0, 0.05) is 12.2 Å². The molecule has 0 heterocycles. The molecule has 0 spiro atoms. The number of benzene rings is 3. The molecule has 1 unspecified atom stereocenters. The Kier molecular flexibility index (Phi) is 7.00. The maximum atomic E-state index is 12.6. The van der Waals surface area contributed by atoms with E-state index in [0.29, 0.717) is 17.8 Å². The molecule has 0 saturated heterocycles. The van der Waals surface area contributed by atoms with Crippen molar-refractivity contribution < 1.29 is 9.59 Å². The summed E-state index contributed by atoms with van der Waals surface area (Å²) in [5.41, 5.74) is 3.20. The molecule has 0 fully saturated rings. The lowest BCUT2D eigenvalue weighted by Crippen LogP contribution is -2.32. The number of hydrogen-bond donors (Lipinski definition) is 3. The third-order valence-corrected chi connectivity index (χ3v) is 4.58. The van der Waals surface area contributed by atoms with Gasteiger partial charge in [-0.15, -0.1) is 0 Å².